The lowest BCUT2D eigenvalue weighted by Crippen LogP contribution is -1.99. The molecule has 1 atom stereocenters. The van der Waals surface area contributed by atoms with E-state index in [2.05, 4.69) is 12.1 Å². The van der Waals surface area contributed by atoms with Gasteiger partial charge in [-0.3, -0.25) is 4.99 Å². The third kappa shape index (κ3) is 3.20. The summed E-state index contributed by atoms with van der Waals surface area (Å²) in [5, 5.41) is 0.749. The van der Waals surface area contributed by atoms with E-state index in [4.69, 9.17) is 22.3 Å². The van der Waals surface area contributed by atoms with Crippen LogP contribution in [0.2, 0.25) is 5.02 Å². The minimum absolute atomic E-state index is 0.242. The predicted molar refractivity (Wildman–Crippen MR) is 85.4 cm³/mol. The van der Waals surface area contributed by atoms with Crippen molar-refractivity contribution in [1.29, 1.82) is 0 Å². The van der Waals surface area contributed by atoms with Crippen LogP contribution in [0.15, 0.2) is 53.5 Å². The molecule has 1 fully saturated rings. The maximum Gasteiger partial charge on any atom is 0.0777 e. The van der Waals surface area contributed by atoms with Gasteiger partial charge in [0.1, 0.15) is 0 Å². The molecule has 1 aliphatic carbocycles. The topological polar surface area (TPSA) is 38.4 Å². The molecular weight excluding hydrogens is 268 g/mol. The summed E-state index contributed by atoms with van der Waals surface area (Å²) in [6.45, 7) is 0. The van der Waals surface area contributed by atoms with Gasteiger partial charge in [-0.25, -0.2) is 0 Å². The zero-order valence-electron chi connectivity index (χ0n) is 11.2. The van der Waals surface area contributed by atoms with Crippen LogP contribution in [0.4, 0.5) is 5.69 Å². The second-order valence-corrected chi connectivity index (χ2v) is 5.72. The molecular formula is C17H17ClN2. The van der Waals surface area contributed by atoms with Crippen LogP contribution in [0.3, 0.4) is 0 Å². The predicted octanol–water partition coefficient (Wildman–Crippen LogP) is 4.49. The second kappa shape index (κ2) is 5.68. The lowest BCUT2D eigenvalue weighted by atomic mass is 10.0. The van der Waals surface area contributed by atoms with E-state index in [1.807, 2.05) is 42.6 Å². The molecule has 0 aromatic heterocycles. The fourth-order valence-electron chi connectivity index (χ4n) is 2.30. The first-order valence-electron chi connectivity index (χ1n) is 6.86. The summed E-state index contributed by atoms with van der Waals surface area (Å²) in [4.78, 5) is 4.78. The van der Waals surface area contributed by atoms with Crippen molar-refractivity contribution in [2.45, 2.75) is 18.9 Å². The molecule has 0 amide bonds. The average molecular weight is 285 g/mol. The van der Waals surface area contributed by atoms with Crippen molar-refractivity contribution in [2.24, 2.45) is 10.9 Å². The highest BCUT2D eigenvalue weighted by Gasteiger charge is 2.31. The summed E-state index contributed by atoms with van der Waals surface area (Å²) in [5.74, 6) is 0.669. The number of rotatable bonds is 4. The van der Waals surface area contributed by atoms with Crippen molar-refractivity contribution in [3.63, 3.8) is 0 Å². The van der Waals surface area contributed by atoms with Crippen LogP contribution in [-0.4, -0.2) is 6.21 Å². The highest BCUT2D eigenvalue weighted by Crippen LogP contribution is 2.43. The van der Waals surface area contributed by atoms with E-state index in [1.54, 1.807) is 0 Å². The zero-order valence-corrected chi connectivity index (χ0v) is 11.9. The van der Waals surface area contributed by atoms with Crippen LogP contribution in [0.1, 0.15) is 30.0 Å². The molecule has 0 heterocycles. The van der Waals surface area contributed by atoms with E-state index in [9.17, 15) is 0 Å². The Bertz CT molecular complexity index is 598. The van der Waals surface area contributed by atoms with Crippen LogP contribution in [-0.2, 0) is 0 Å². The SMILES string of the molecule is Nc1ccc(C(N=Cc2ccc(Cl)cc2)C2CC2)cc1. The van der Waals surface area contributed by atoms with Gasteiger partial charge in [0.2, 0.25) is 0 Å². The third-order valence-electron chi connectivity index (χ3n) is 3.60. The number of hydrogen-bond acceptors (Lipinski definition) is 2. The number of anilines is 1. The summed E-state index contributed by atoms with van der Waals surface area (Å²) in [6.07, 6.45) is 4.45. The van der Waals surface area contributed by atoms with Gasteiger partial charge < -0.3 is 5.73 Å². The zero-order chi connectivity index (χ0) is 13.9. The molecule has 2 aromatic rings. The van der Waals surface area contributed by atoms with Gasteiger partial charge in [0.25, 0.3) is 0 Å². The van der Waals surface area contributed by atoms with Gasteiger partial charge >= 0.3 is 0 Å². The van der Waals surface area contributed by atoms with Gasteiger partial charge in [-0.15, -0.1) is 0 Å². The monoisotopic (exact) mass is 284 g/mol. The van der Waals surface area contributed by atoms with E-state index in [1.165, 1.54) is 18.4 Å². The minimum atomic E-state index is 0.242. The number of nitrogens with two attached hydrogens (primary N) is 1. The van der Waals surface area contributed by atoms with Gasteiger partial charge in [0.05, 0.1) is 6.04 Å². The second-order valence-electron chi connectivity index (χ2n) is 5.28. The molecule has 0 saturated heterocycles. The number of nitrogens with zero attached hydrogens (tertiary/aromatic N) is 1. The molecule has 1 saturated carbocycles. The number of benzene rings is 2. The van der Waals surface area contributed by atoms with Crippen molar-refractivity contribution in [1.82, 2.24) is 0 Å². The van der Waals surface area contributed by atoms with Crippen LogP contribution in [0.5, 0.6) is 0 Å². The minimum Gasteiger partial charge on any atom is -0.399 e. The molecule has 3 rings (SSSR count). The lowest BCUT2D eigenvalue weighted by Gasteiger charge is -2.12. The summed E-state index contributed by atoms with van der Waals surface area (Å²) in [5.41, 5.74) is 8.86. The van der Waals surface area contributed by atoms with E-state index in [-0.39, 0.29) is 6.04 Å². The third-order valence-corrected chi connectivity index (χ3v) is 3.85. The van der Waals surface area contributed by atoms with Crippen molar-refractivity contribution < 1.29 is 0 Å². The van der Waals surface area contributed by atoms with Gasteiger partial charge in [-0.1, -0.05) is 35.9 Å². The molecule has 1 unspecified atom stereocenters. The summed E-state index contributed by atoms with van der Waals surface area (Å²) < 4.78 is 0. The highest BCUT2D eigenvalue weighted by molar-refractivity contribution is 6.30. The van der Waals surface area contributed by atoms with Crippen molar-refractivity contribution >= 4 is 23.5 Å². The molecule has 102 valence electrons. The van der Waals surface area contributed by atoms with Gasteiger partial charge in [-0.05, 0) is 54.2 Å². The molecule has 0 bridgehead atoms. The number of nitrogen functional groups attached to an aromatic ring is 1. The Morgan fingerprint density at radius 1 is 1.05 bits per heavy atom. The quantitative estimate of drug-likeness (QED) is 0.652. The van der Waals surface area contributed by atoms with E-state index in [0.717, 1.165) is 16.3 Å². The van der Waals surface area contributed by atoms with Crippen LogP contribution < -0.4 is 5.73 Å². The first kappa shape index (κ1) is 13.2. The molecule has 0 spiro atoms. The fraction of sp³-hybridized carbons (Fsp3) is 0.235. The number of aliphatic imine (C=N–C) groups is 1. The Labute approximate surface area is 124 Å². The molecule has 1 aliphatic rings. The highest BCUT2D eigenvalue weighted by atomic mass is 35.5. The van der Waals surface area contributed by atoms with Gasteiger partial charge in [0.15, 0.2) is 0 Å². The Morgan fingerprint density at radius 3 is 2.30 bits per heavy atom. The Morgan fingerprint density at radius 2 is 1.70 bits per heavy atom. The lowest BCUT2D eigenvalue weighted by molar-refractivity contribution is 0.639. The molecule has 0 radical (unpaired) electrons. The first-order valence-corrected chi connectivity index (χ1v) is 7.24. The van der Waals surface area contributed by atoms with E-state index < -0.39 is 0 Å². The van der Waals surface area contributed by atoms with Crippen molar-refractivity contribution in [2.75, 3.05) is 5.73 Å². The van der Waals surface area contributed by atoms with Crippen molar-refractivity contribution in [3.05, 3.63) is 64.7 Å². The first-order chi connectivity index (χ1) is 9.72. The Kier molecular flexibility index (Phi) is 3.75. The smallest absolute Gasteiger partial charge is 0.0777 e. The maximum absolute atomic E-state index is 5.89. The van der Waals surface area contributed by atoms with Crippen molar-refractivity contribution in [3.8, 4) is 0 Å². The molecule has 0 aliphatic heterocycles. The Balaban J connectivity index is 1.81. The molecule has 2 nitrogen and oxygen atoms in total. The maximum atomic E-state index is 5.89. The number of hydrogen-bond donors (Lipinski definition) is 1. The normalized spacial score (nSPS) is 16.4. The van der Waals surface area contributed by atoms with Gasteiger partial charge in [-0.2, -0.15) is 0 Å². The largest absolute Gasteiger partial charge is 0.399 e. The van der Waals surface area contributed by atoms with Crippen LogP contribution in [0, 0.1) is 5.92 Å². The standard InChI is InChI=1S/C17H17ClN2/c18-15-7-1-12(2-8-15)11-20-17(13-3-4-13)14-5-9-16(19)10-6-14/h1-2,5-11,13,17H,3-4,19H2. The fourth-order valence-corrected chi connectivity index (χ4v) is 2.43. The molecule has 3 heteroatoms. The van der Waals surface area contributed by atoms with Crippen LogP contribution >= 0.6 is 11.6 Å². The molecule has 20 heavy (non-hydrogen) atoms. The average Bonchev–Trinajstić information content (AvgIpc) is 3.28. The molecule has 2 N–H and O–H groups in total. The Hall–Kier alpha value is -1.80. The summed E-state index contributed by atoms with van der Waals surface area (Å²) in [6, 6.07) is 16.0. The summed E-state index contributed by atoms with van der Waals surface area (Å²) in [7, 11) is 0. The van der Waals surface area contributed by atoms with E-state index >= 15 is 0 Å². The summed E-state index contributed by atoms with van der Waals surface area (Å²) >= 11 is 5.89. The van der Waals surface area contributed by atoms with Gasteiger partial charge in [0, 0.05) is 16.9 Å². The van der Waals surface area contributed by atoms with Crippen LogP contribution in [0.25, 0.3) is 0 Å². The van der Waals surface area contributed by atoms with E-state index in [0.29, 0.717) is 5.92 Å². The molecule has 2 aromatic carbocycles. The number of halogens is 1.